The van der Waals surface area contributed by atoms with Crippen molar-refractivity contribution in [3.8, 4) is 0 Å². The standard InChI is InChI=1S/C13H14N2O3S/c1-15-8-11(7-14-15)9-19(18)12-4-2-10(3-5-12)6-13(16)17/h2-5,7-8H,6,9H2,1H3,(H,16,17). The minimum absolute atomic E-state index is 0.0183. The van der Waals surface area contributed by atoms with Crippen molar-refractivity contribution in [2.45, 2.75) is 17.1 Å². The molecule has 0 saturated carbocycles. The van der Waals surface area contributed by atoms with Crippen LogP contribution in [-0.2, 0) is 34.8 Å². The molecule has 0 aliphatic carbocycles. The van der Waals surface area contributed by atoms with Crippen molar-refractivity contribution in [1.82, 2.24) is 9.78 Å². The molecule has 1 aromatic heterocycles. The summed E-state index contributed by atoms with van der Waals surface area (Å²) in [7, 11) is 0.670. The smallest absolute Gasteiger partial charge is 0.307 e. The molecule has 0 fully saturated rings. The number of hydrogen-bond acceptors (Lipinski definition) is 3. The van der Waals surface area contributed by atoms with Gasteiger partial charge in [0, 0.05) is 23.7 Å². The fourth-order valence-electron chi connectivity index (χ4n) is 1.71. The molecule has 2 rings (SSSR count). The number of carboxylic acids is 1. The Kier molecular flexibility index (Phi) is 4.11. The number of hydrogen-bond donors (Lipinski definition) is 1. The van der Waals surface area contributed by atoms with E-state index in [2.05, 4.69) is 5.10 Å². The second-order valence-corrected chi connectivity index (χ2v) is 5.68. The van der Waals surface area contributed by atoms with E-state index < -0.39 is 16.8 Å². The Morgan fingerprint density at radius 2 is 2.00 bits per heavy atom. The third-order valence-corrected chi connectivity index (χ3v) is 3.99. The van der Waals surface area contributed by atoms with Crippen LogP contribution in [0.15, 0.2) is 41.6 Å². The molecule has 0 bridgehead atoms. The number of rotatable bonds is 5. The highest BCUT2D eigenvalue weighted by Gasteiger charge is 2.07. The summed E-state index contributed by atoms with van der Waals surface area (Å²) in [5, 5.41) is 12.7. The summed E-state index contributed by atoms with van der Waals surface area (Å²) in [6, 6.07) is 6.82. The lowest BCUT2D eigenvalue weighted by molar-refractivity contribution is -0.136. The maximum atomic E-state index is 12.1. The third kappa shape index (κ3) is 3.75. The van der Waals surface area contributed by atoms with Gasteiger partial charge in [-0.25, -0.2) is 0 Å². The molecule has 0 spiro atoms. The van der Waals surface area contributed by atoms with Gasteiger partial charge in [0.1, 0.15) is 0 Å². The van der Waals surface area contributed by atoms with Gasteiger partial charge >= 0.3 is 5.97 Å². The van der Waals surface area contributed by atoms with Crippen molar-refractivity contribution in [1.29, 1.82) is 0 Å². The molecule has 1 aromatic carbocycles. The predicted octanol–water partition coefficient (Wildman–Crippen LogP) is 1.35. The first-order valence-corrected chi connectivity index (χ1v) is 7.03. The van der Waals surface area contributed by atoms with Crippen LogP contribution in [0.4, 0.5) is 0 Å². The Morgan fingerprint density at radius 3 is 2.53 bits per heavy atom. The molecule has 1 heterocycles. The number of aliphatic carboxylic acids is 1. The third-order valence-electron chi connectivity index (χ3n) is 2.60. The summed E-state index contributed by atoms with van der Waals surface area (Å²) in [5.74, 6) is -0.462. The molecule has 2 aromatic rings. The minimum atomic E-state index is -1.14. The molecule has 0 aliphatic rings. The fraction of sp³-hybridized carbons (Fsp3) is 0.231. The molecular formula is C13H14N2O3S. The Labute approximate surface area is 113 Å². The number of carboxylic acid groups (broad SMARTS) is 1. The first-order chi connectivity index (χ1) is 9.04. The zero-order chi connectivity index (χ0) is 13.8. The summed E-state index contributed by atoms with van der Waals surface area (Å²) in [6.45, 7) is 0. The maximum absolute atomic E-state index is 12.1. The van der Waals surface area contributed by atoms with Gasteiger partial charge in [-0.1, -0.05) is 12.1 Å². The van der Waals surface area contributed by atoms with E-state index in [-0.39, 0.29) is 6.42 Å². The number of carbonyl (C=O) groups is 1. The number of aromatic nitrogens is 2. The number of benzene rings is 1. The molecule has 0 aliphatic heterocycles. The van der Waals surface area contributed by atoms with Crippen LogP contribution in [0.3, 0.4) is 0 Å². The number of aryl methyl sites for hydroxylation is 1. The second-order valence-electron chi connectivity index (χ2n) is 4.23. The molecule has 0 radical (unpaired) electrons. The van der Waals surface area contributed by atoms with Crippen LogP contribution in [-0.4, -0.2) is 25.1 Å². The van der Waals surface area contributed by atoms with Crippen molar-refractivity contribution in [3.05, 3.63) is 47.8 Å². The quantitative estimate of drug-likeness (QED) is 0.896. The molecular weight excluding hydrogens is 264 g/mol. The van der Waals surface area contributed by atoms with Gasteiger partial charge in [-0.2, -0.15) is 5.10 Å². The fourth-order valence-corrected chi connectivity index (χ4v) is 2.77. The molecule has 1 N–H and O–H groups in total. The van der Waals surface area contributed by atoms with E-state index in [9.17, 15) is 9.00 Å². The second kappa shape index (κ2) is 5.79. The van der Waals surface area contributed by atoms with Gasteiger partial charge in [-0.05, 0) is 17.7 Å². The highest BCUT2D eigenvalue weighted by Crippen LogP contribution is 2.13. The Morgan fingerprint density at radius 1 is 1.32 bits per heavy atom. The largest absolute Gasteiger partial charge is 0.481 e. The average molecular weight is 278 g/mol. The van der Waals surface area contributed by atoms with Crippen LogP contribution in [0.25, 0.3) is 0 Å². The molecule has 0 amide bonds. The van der Waals surface area contributed by atoms with Crippen LogP contribution < -0.4 is 0 Å². The lowest BCUT2D eigenvalue weighted by Crippen LogP contribution is -2.01. The molecule has 1 atom stereocenters. The van der Waals surface area contributed by atoms with Crippen molar-refractivity contribution < 1.29 is 14.1 Å². The van der Waals surface area contributed by atoms with Crippen LogP contribution >= 0.6 is 0 Å². The predicted molar refractivity (Wildman–Crippen MR) is 71.1 cm³/mol. The van der Waals surface area contributed by atoms with Gasteiger partial charge in [0.15, 0.2) is 0 Å². The van der Waals surface area contributed by atoms with Gasteiger partial charge in [0.25, 0.3) is 0 Å². The Hall–Kier alpha value is -1.95. The van der Waals surface area contributed by atoms with Gasteiger partial charge < -0.3 is 5.11 Å². The van der Waals surface area contributed by atoms with E-state index in [1.165, 1.54) is 0 Å². The van der Waals surface area contributed by atoms with Crippen molar-refractivity contribution >= 4 is 16.8 Å². The van der Waals surface area contributed by atoms with Gasteiger partial charge in [-0.15, -0.1) is 0 Å². The van der Waals surface area contributed by atoms with Crippen LogP contribution in [0.2, 0.25) is 0 Å². The van der Waals surface area contributed by atoms with Crippen LogP contribution in [0.1, 0.15) is 11.1 Å². The van der Waals surface area contributed by atoms with E-state index in [0.29, 0.717) is 16.2 Å². The molecule has 1 unspecified atom stereocenters. The highest BCUT2D eigenvalue weighted by molar-refractivity contribution is 7.84. The number of nitrogens with zero attached hydrogens (tertiary/aromatic N) is 2. The molecule has 0 saturated heterocycles. The molecule has 100 valence electrons. The summed E-state index contributed by atoms with van der Waals surface area (Å²) in [5.41, 5.74) is 1.62. The van der Waals surface area contributed by atoms with E-state index in [1.807, 2.05) is 13.2 Å². The minimum Gasteiger partial charge on any atom is -0.481 e. The Bertz CT molecular complexity index is 605. The monoisotopic (exact) mass is 278 g/mol. The Balaban J connectivity index is 2.05. The summed E-state index contributed by atoms with van der Waals surface area (Å²) >= 11 is 0. The maximum Gasteiger partial charge on any atom is 0.307 e. The zero-order valence-electron chi connectivity index (χ0n) is 10.4. The first-order valence-electron chi connectivity index (χ1n) is 5.71. The van der Waals surface area contributed by atoms with E-state index in [4.69, 9.17) is 5.11 Å². The van der Waals surface area contributed by atoms with Crippen molar-refractivity contribution in [2.24, 2.45) is 7.05 Å². The molecule has 6 heteroatoms. The van der Waals surface area contributed by atoms with E-state index >= 15 is 0 Å². The first kappa shape index (κ1) is 13.5. The molecule has 19 heavy (non-hydrogen) atoms. The van der Waals surface area contributed by atoms with Gasteiger partial charge in [-0.3, -0.25) is 13.7 Å². The summed E-state index contributed by atoms with van der Waals surface area (Å²) in [4.78, 5) is 11.3. The lowest BCUT2D eigenvalue weighted by Gasteiger charge is -2.02. The van der Waals surface area contributed by atoms with Gasteiger partial charge in [0.05, 0.1) is 29.2 Å². The van der Waals surface area contributed by atoms with Crippen molar-refractivity contribution in [2.75, 3.05) is 0 Å². The molecule has 5 nitrogen and oxygen atoms in total. The average Bonchev–Trinajstić information content (AvgIpc) is 2.75. The van der Waals surface area contributed by atoms with E-state index in [1.54, 1.807) is 35.1 Å². The summed E-state index contributed by atoms with van der Waals surface area (Å²) in [6.07, 6.45) is 3.50. The van der Waals surface area contributed by atoms with Crippen molar-refractivity contribution in [3.63, 3.8) is 0 Å². The lowest BCUT2D eigenvalue weighted by atomic mass is 10.2. The zero-order valence-corrected chi connectivity index (χ0v) is 11.3. The van der Waals surface area contributed by atoms with E-state index in [0.717, 1.165) is 5.56 Å². The van der Waals surface area contributed by atoms with Crippen LogP contribution in [0.5, 0.6) is 0 Å². The highest BCUT2D eigenvalue weighted by atomic mass is 32.2. The van der Waals surface area contributed by atoms with Crippen LogP contribution in [0, 0.1) is 0 Å². The topological polar surface area (TPSA) is 72.2 Å². The van der Waals surface area contributed by atoms with Gasteiger partial charge in [0.2, 0.25) is 0 Å². The SMILES string of the molecule is Cn1cc(CS(=O)c2ccc(CC(=O)O)cc2)cn1. The summed E-state index contributed by atoms with van der Waals surface area (Å²) < 4.78 is 13.8. The normalized spacial score (nSPS) is 12.3.